The lowest BCUT2D eigenvalue weighted by Gasteiger charge is -2.32. The second kappa shape index (κ2) is 10.0. The fraction of sp³-hybridized carbons (Fsp3) is 0.364. The molecule has 0 atom stereocenters. The Hall–Kier alpha value is -2.49. The quantitative estimate of drug-likeness (QED) is 0.318. The number of guanidine groups is 1. The molecule has 1 aliphatic heterocycles. The van der Waals surface area contributed by atoms with Crippen molar-refractivity contribution in [3.05, 3.63) is 59.5 Å². The molecule has 30 heavy (non-hydrogen) atoms. The number of rotatable bonds is 5. The molecule has 160 valence electrons. The average molecular weight is 521 g/mol. The molecule has 0 bridgehead atoms. The van der Waals surface area contributed by atoms with E-state index >= 15 is 0 Å². The minimum Gasteiger partial charge on any atom is -0.493 e. The molecule has 1 aromatic carbocycles. The van der Waals surface area contributed by atoms with Gasteiger partial charge in [-0.2, -0.15) is 0 Å². The van der Waals surface area contributed by atoms with Gasteiger partial charge in [-0.15, -0.1) is 24.0 Å². The fourth-order valence-corrected chi connectivity index (χ4v) is 3.81. The predicted molar refractivity (Wildman–Crippen MR) is 129 cm³/mol. The van der Waals surface area contributed by atoms with Crippen LogP contribution in [0.5, 0.6) is 11.5 Å². The highest BCUT2D eigenvalue weighted by atomic mass is 127. The van der Waals surface area contributed by atoms with Crippen LogP contribution in [0.4, 0.5) is 0 Å². The molecular weight excluding hydrogens is 493 g/mol. The van der Waals surface area contributed by atoms with Crippen LogP contribution in [-0.4, -0.2) is 54.6 Å². The van der Waals surface area contributed by atoms with Gasteiger partial charge in [-0.05, 0) is 41.8 Å². The van der Waals surface area contributed by atoms with Crippen molar-refractivity contribution in [2.45, 2.75) is 19.4 Å². The SMILES string of the molecule is CN=C(NCCc1cn2ccccc2n1)N1CCc2cc(OC)c(OC)cc2C1.I. The molecule has 4 rings (SSSR count). The number of methoxy groups -OCH3 is 2. The minimum atomic E-state index is 0. The maximum atomic E-state index is 5.46. The van der Waals surface area contributed by atoms with E-state index in [1.807, 2.05) is 35.8 Å². The molecule has 0 amide bonds. The number of fused-ring (bicyclic) bond motifs is 2. The van der Waals surface area contributed by atoms with E-state index in [1.165, 1.54) is 11.1 Å². The van der Waals surface area contributed by atoms with Crippen LogP contribution in [0.2, 0.25) is 0 Å². The van der Waals surface area contributed by atoms with Gasteiger partial charge in [0.25, 0.3) is 0 Å². The molecule has 1 aliphatic rings. The number of nitrogens with zero attached hydrogens (tertiary/aromatic N) is 4. The van der Waals surface area contributed by atoms with Crippen molar-refractivity contribution < 1.29 is 9.47 Å². The summed E-state index contributed by atoms with van der Waals surface area (Å²) in [6.45, 7) is 2.49. The Morgan fingerprint density at radius 1 is 1.17 bits per heavy atom. The Bertz CT molecular complexity index is 1000. The number of hydrogen-bond acceptors (Lipinski definition) is 4. The van der Waals surface area contributed by atoms with Gasteiger partial charge in [0.05, 0.1) is 19.9 Å². The molecule has 0 fully saturated rings. The molecule has 0 spiro atoms. The summed E-state index contributed by atoms with van der Waals surface area (Å²) < 4.78 is 12.9. The van der Waals surface area contributed by atoms with Gasteiger partial charge in [0.2, 0.25) is 0 Å². The van der Waals surface area contributed by atoms with Crippen molar-refractivity contribution >= 4 is 35.6 Å². The molecule has 2 aromatic heterocycles. The van der Waals surface area contributed by atoms with E-state index in [2.05, 4.69) is 38.5 Å². The topological polar surface area (TPSA) is 63.4 Å². The van der Waals surface area contributed by atoms with E-state index in [4.69, 9.17) is 9.47 Å². The van der Waals surface area contributed by atoms with E-state index in [1.54, 1.807) is 14.2 Å². The number of pyridine rings is 1. The van der Waals surface area contributed by atoms with E-state index in [9.17, 15) is 0 Å². The van der Waals surface area contributed by atoms with Crippen molar-refractivity contribution in [3.8, 4) is 11.5 Å². The highest BCUT2D eigenvalue weighted by Crippen LogP contribution is 2.33. The van der Waals surface area contributed by atoms with Crippen molar-refractivity contribution in [2.75, 3.05) is 34.4 Å². The first-order chi connectivity index (χ1) is 14.2. The number of hydrogen-bond donors (Lipinski definition) is 1. The van der Waals surface area contributed by atoms with Gasteiger partial charge in [-0.25, -0.2) is 4.98 Å². The third-order valence-corrected chi connectivity index (χ3v) is 5.31. The third-order valence-electron chi connectivity index (χ3n) is 5.31. The summed E-state index contributed by atoms with van der Waals surface area (Å²) >= 11 is 0. The van der Waals surface area contributed by atoms with Crippen LogP contribution < -0.4 is 14.8 Å². The first-order valence-corrected chi connectivity index (χ1v) is 9.84. The summed E-state index contributed by atoms with van der Waals surface area (Å²) in [6, 6.07) is 10.2. The Labute approximate surface area is 194 Å². The van der Waals surface area contributed by atoms with Crippen molar-refractivity contribution in [1.82, 2.24) is 19.6 Å². The molecule has 0 aliphatic carbocycles. The van der Waals surface area contributed by atoms with Crippen LogP contribution in [0.25, 0.3) is 5.65 Å². The van der Waals surface area contributed by atoms with Crippen LogP contribution in [0.1, 0.15) is 16.8 Å². The molecule has 7 nitrogen and oxygen atoms in total. The normalized spacial score (nSPS) is 13.6. The van der Waals surface area contributed by atoms with E-state index in [0.717, 1.165) is 61.3 Å². The van der Waals surface area contributed by atoms with Gasteiger partial charge >= 0.3 is 0 Å². The first-order valence-electron chi connectivity index (χ1n) is 9.84. The predicted octanol–water partition coefficient (Wildman–Crippen LogP) is 3.15. The highest BCUT2D eigenvalue weighted by Gasteiger charge is 2.21. The smallest absolute Gasteiger partial charge is 0.193 e. The lowest BCUT2D eigenvalue weighted by molar-refractivity contribution is 0.346. The summed E-state index contributed by atoms with van der Waals surface area (Å²) in [5.41, 5.74) is 4.60. The number of benzene rings is 1. The maximum absolute atomic E-state index is 5.46. The molecule has 0 saturated heterocycles. The van der Waals surface area contributed by atoms with Crippen molar-refractivity contribution in [1.29, 1.82) is 0 Å². The van der Waals surface area contributed by atoms with Gasteiger partial charge in [0.15, 0.2) is 17.5 Å². The summed E-state index contributed by atoms with van der Waals surface area (Å²) in [5.74, 6) is 2.46. The molecule has 3 aromatic rings. The molecule has 0 unspecified atom stereocenters. The molecule has 8 heteroatoms. The number of aromatic nitrogens is 2. The summed E-state index contributed by atoms with van der Waals surface area (Å²) in [5, 5.41) is 3.48. The molecule has 0 radical (unpaired) electrons. The zero-order valence-electron chi connectivity index (χ0n) is 17.6. The van der Waals surface area contributed by atoms with Gasteiger partial charge in [0.1, 0.15) is 5.65 Å². The number of halogens is 1. The Balaban J connectivity index is 0.00000256. The van der Waals surface area contributed by atoms with Crippen LogP contribution in [-0.2, 0) is 19.4 Å². The molecule has 0 saturated carbocycles. The minimum absolute atomic E-state index is 0. The first kappa shape index (κ1) is 22.2. The van der Waals surface area contributed by atoms with Crippen LogP contribution in [0.3, 0.4) is 0 Å². The van der Waals surface area contributed by atoms with Gasteiger partial charge in [-0.3, -0.25) is 4.99 Å². The lowest BCUT2D eigenvalue weighted by atomic mass is 9.99. The summed E-state index contributed by atoms with van der Waals surface area (Å²) in [7, 11) is 5.18. The standard InChI is InChI=1S/C22H27N5O2.HI/c1-23-22(24-9-7-18-15-26-10-5-4-6-21(26)25-18)27-11-8-16-12-19(28-2)20(29-3)13-17(16)14-27;/h4-6,10,12-13,15H,7-9,11,14H2,1-3H3,(H,23,24);1H. The Morgan fingerprint density at radius 2 is 1.93 bits per heavy atom. The summed E-state index contributed by atoms with van der Waals surface area (Å²) in [6.07, 6.45) is 5.89. The number of imidazole rings is 1. The number of nitrogens with one attached hydrogen (secondary N) is 1. The molecular formula is C22H28IN5O2. The van der Waals surface area contributed by atoms with Crippen LogP contribution in [0.15, 0.2) is 47.7 Å². The van der Waals surface area contributed by atoms with Crippen molar-refractivity contribution in [2.24, 2.45) is 4.99 Å². The monoisotopic (exact) mass is 521 g/mol. The Kier molecular flexibility index (Phi) is 7.41. The average Bonchev–Trinajstić information content (AvgIpc) is 3.18. The van der Waals surface area contributed by atoms with Crippen LogP contribution in [0, 0.1) is 0 Å². The van der Waals surface area contributed by atoms with Gasteiger partial charge < -0.3 is 24.1 Å². The zero-order chi connectivity index (χ0) is 20.2. The number of aliphatic imine (C=N–C) groups is 1. The highest BCUT2D eigenvalue weighted by molar-refractivity contribution is 14.0. The van der Waals surface area contributed by atoms with Gasteiger partial charge in [0, 0.05) is 45.5 Å². The molecule has 3 heterocycles. The van der Waals surface area contributed by atoms with Gasteiger partial charge in [-0.1, -0.05) is 6.07 Å². The largest absolute Gasteiger partial charge is 0.493 e. The van der Waals surface area contributed by atoms with E-state index in [0.29, 0.717) is 0 Å². The Morgan fingerprint density at radius 3 is 2.63 bits per heavy atom. The van der Waals surface area contributed by atoms with Crippen LogP contribution >= 0.6 is 24.0 Å². The van der Waals surface area contributed by atoms with E-state index in [-0.39, 0.29) is 24.0 Å². The number of ether oxygens (including phenoxy) is 2. The fourth-order valence-electron chi connectivity index (χ4n) is 3.81. The van der Waals surface area contributed by atoms with E-state index < -0.39 is 0 Å². The zero-order valence-corrected chi connectivity index (χ0v) is 19.9. The summed E-state index contributed by atoms with van der Waals surface area (Å²) in [4.78, 5) is 11.4. The maximum Gasteiger partial charge on any atom is 0.193 e. The third kappa shape index (κ3) is 4.63. The molecule has 1 N–H and O–H groups in total. The van der Waals surface area contributed by atoms with Crippen molar-refractivity contribution in [3.63, 3.8) is 0 Å². The second-order valence-corrected chi connectivity index (χ2v) is 7.07. The second-order valence-electron chi connectivity index (χ2n) is 7.07. The lowest BCUT2D eigenvalue weighted by Crippen LogP contribution is -2.44.